The van der Waals surface area contributed by atoms with Crippen LogP contribution < -0.4 is 0 Å². The van der Waals surface area contributed by atoms with Crippen molar-refractivity contribution in [3.8, 4) is 0 Å². The Labute approximate surface area is 127 Å². The molecule has 0 aromatic rings. The van der Waals surface area contributed by atoms with Gasteiger partial charge in [-0.25, -0.2) is 4.79 Å². The third kappa shape index (κ3) is 3.89. The minimum atomic E-state index is -0.911. The van der Waals surface area contributed by atoms with Crippen molar-refractivity contribution in [2.75, 3.05) is 19.6 Å². The fourth-order valence-electron chi connectivity index (χ4n) is 3.49. The highest BCUT2D eigenvalue weighted by atomic mass is 16.4. The van der Waals surface area contributed by atoms with Gasteiger partial charge in [-0.15, -0.1) is 0 Å². The van der Waals surface area contributed by atoms with Crippen LogP contribution in [-0.2, 0) is 4.79 Å². The van der Waals surface area contributed by atoms with Crippen LogP contribution in [0, 0.1) is 5.41 Å². The molecule has 1 aliphatic heterocycles. The Morgan fingerprint density at radius 1 is 1.24 bits per heavy atom. The molecule has 21 heavy (non-hydrogen) atoms. The summed E-state index contributed by atoms with van der Waals surface area (Å²) in [4.78, 5) is 27.3. The largest absolute Gasteiger partial charge is 0.480 e. The van der Waals surface area contributed by atoms with E-state index in [4.69, 9.17) is 5.11 Å². The van der Waals surface area contributed by atoms with E-state index in [0.29, 0.717) is 5.41 Å². The third-order valence-electron chi connectivity index (χ3n) is 5.41. The van der Waals surface area contributed by atoms with Crippen LogP contribution in [0.5, 0.6) is 0 Å². The molecule has 2 aliphatic rings. The van der Waals surface area contributed by atoms with E-state index in [9.17, 15) is 9.59 Å². The van der Waals surface area contributed by atoms with Crippen molar-refractivity contribution < 1.29 is 14.7 Å². The SMILES string of the molecule is CCC1(C)CCN(C(=O)N(CC(=O)O)C2CCCC2)CC1. The highest BCUT2D eigenvalue weighted by molar-refractivity contribution is 5.80. The molecule has 1 aliphatic carbocycles. The molecule has 2 amide bonds. The van der Waals surface area contributed by atoms with Crippen LogP contribution in [0.25, 0.3) is 0 Å². The van der Waals surface area contributed by atoms with E-state index in [1.165, 1.54) is 0 Å². The first-order valence-corrected chi connectivity index (χ1v) is 8.22. The highest BCUT2D eigenvalue weighted by Crippen LogP contribution is 2.34. The second-order valence-corrected chi connectivity index (χ2v) is 6.89. The lowest BCUT2D eigenvalue weighted by Crippen LogP contribution is -2.52. The molecule has 5 nitrogen and oxygen atoms in total. The number of urea groups is 1. The molecule has 120 valence electrons. The average Bonchev–Trinajstić information content (AvgIpc) is 2.98. The number of nitrogens with zero attached hydrogens (tertiary/aromatic N) is 2. The lowest BCUT2D eigenvalue weighted by atomic mass is 9.78. The van der Waals surface area contributed by atoms with E-state index in [2.05, 4.69) is 13.8 Å². The number of hydrogen-bond acceptors (Lipinski definition) is 2. The van der Waals surface area contributed by atoms with Crippen molar-refractivity contribution in [1.29, 1.82) is 0 Å². The third-order valence-corrected chi connectivity index (χ3v) is 5.41. The number of amides is 2. The van der Waals surface area contributed by atoms with E-state index in [1.54, 1.807) is 4.90 Å². The Kier molecular flexibility index (Phi) is 5.12. The Morgan fingerprint density at radius 3 is 2.29 bits per heavy atom. The first-order chi connectivity index (χ1) is 9.95. The summed E-state index contributed by atoms with van der Waals surface area (Å²) in [6, 6.07) is 0.0514. The fourth-order valence-corrected chi connectivity index (χ4v) is 3.49. The summed E-state index contributed by atoms with van der Waals surface area (Å²) in [5.74, 6) is -0.911. The standard InChI is InChI=1S/C16H28N2O3/c1-3-16(2)8-10-17(11-9-16)15(21)18(12-14(19)20)13-6-4-5-7-13/h13H,3-12H2,1-2H3,(H,19,20). The highest BCUT2D eigenvalue weighted by Gasteiger charge is 2.35. The normalized spacial score (nSPS) is 22.3. The van der Waals surface area contributed by atoms with E-state index < -0.39 is 5.97 Å². The van der Waals surface area contributed by atoms with Crippen LogP contribution in [0.2, 0.25) is 0 Å². The predicted molar refractivity (Wildman–Crippen MR) is 81.2 cm³/mol. The van der Waals surface area contributed by atoms with Gasteiger partial charge in [0.2, 0.25) is 0 Å². The minimum Gasteiger partial charge on any atom is -0.480 e. The lowest BCUT2D eigenvalue weighted by molar-refractivity contribution is -0.138. The van der Waals surface area contributed by atoms with Crippen molar-refractivity contribution in [3.63, 3.8) is 0 Å². The summed E-state index contributed by atoms with van der Waals surface area (Å²) >= 11 is 0. The number of carboxylic acid groups (broad SMARTS) is 1. The van der Waals surface area contributed by atoms with Gasteiger partial charge in [-0.2, -0.15) is 0 Å². The number of rotatable bonds is 4. The monoisotopic (exact) mass is 296 g/mol. The molecule has 1 saturated carbocycles. The number of carboxylic acids is 1. The number of hydrogen-bond donors (Lipinski definition) is 1. The number of carbonyl (C=O) groups excluding carboxylic acids is 1. The molecule has 0 aromatic carbocycles. The van der Waals surface area contributed by atoms with Gasteiger partial charge in [-0.3, -0.25) is 4.79 Å². The van der Waals surface area contributed by atoms with E-state index in [-0.39, 0.29) is 18.6 Å². The van der Waals surface area contributed by atoms with Crippen molar-refractivity contribution in [2.45, 2.75) is 64.8 Å². The number of likely N-dealkylation sites (tertiary alicyclic amines) is 1. The maximum absolute atomic E-state index is 12.7. The summed E-state index contributed by atoms with van der Waals surface area (Å²) in [5.41, 5.74) is 0.335. The van der Waals surface area contributed by atoms with Gasteiger partial charge < -0.3 is 14.9 Å². The second-order valence-electron chi connectivity index (χ2n) is 6.89. The molecule has 5 heteroatoms. The zero-order valence-electron chi connectivity index (χ0n) is 13.3. The molecular formula is C16H28N2O3. The zero-order chi connectivity index (χ0) is 15.5. The van der Waals surface area contributed by atoms with Gasteiger partial charge in [0.05, 0.1) is 0 Å². The maximum Gasteiger partial charge on any atom is 0.323 e. The minimum absolute atomic E-state index is 0.0672. The van der Waals surface area contributed by atoms with Gasteiger partial charge in [-0.05, 0) is 31.1 Å². The molecule has 0 radical (unpaired) electrons. The maximum atomic E-state index is 12.7. The molecule has 1 N–H and O–H groups in total. The summed E-state index contributed by atoms with van der Waals surface area (Å²) in [7, 11) is 0. The average molecular weight is 296 g/mol. The molecule has 1 saturated heterocycles. The predicted octanol–water partition coefficient (Wildman–Crippen LogP) is 2.95. The van der Waals surface area contributed by atoms with Crippen LogP contribution in [-0.4, -0.2) is 52.6 Å². The molecule has 0 unspecified atom stereocenters. The fraction of sp³-hybridized carbons (Fsp3) is 0.875. The molecule has 0 spiro atoms. The summed E-state index contributed by atoms with van der Waals surface area (Å²) in [6.07, 6.45) is 7.25. The quantitative estimate of drug-likeness (QED) is 0.867. The van der Waals surface area contributed by atoms with Gasteiger partial charge in [0.25, 0.3) is 0 Å². The summed E-state index contributed by atoms with van der Waals surface area (Å²) < 4.78 is 0. The zero-order valence-corrected chi connectivity index (χ0v) is 13.3. The smallest absolute Gasteiger partial charge is 0.323 e. The Bertz CT molecular complexity index is 383. The molecule has 1 heterocycles. The van der Waals surface area contributed by atoms with Crippen LogP contribution in [0.1, 0.15) is 58.8 Å². The van der Waals surface area contributed by atoms with Crippen molar-refractivity contribution >= 4 is 12.0 Å². The van der Waals surface area contributed by atoms with E-state index in [1.807, 2.05) is 4.90 Å². The number of aliphatic carboxylic acids is 1. The van der Waals surface area contributed by atoms with Crippen LogP contribution in [0.4, 0.5) is 4.79 Å². The van der Waals surface area contributed by atoms with E-state index >= 15 is 0 Å². The first kappa shape index (κ1) is 16.1. The summed E-state index contributed by atoms with van der Waals surface area (Å²) in [5, 5.41) is 9.10. The van der Waals surface area contributed by atoms with Crippen molar-refractivity contribution in [2.24, 2.45) is 5.41 Å². The van der Waals surface area contributed by atoms with Crippen LogP contribution in [0.15, 0.2) is 0 Å². The van der Waals surface area contributed by atoms with Gasteiger partial charge in [0.1, 0.15) is 6.54 Å². The Balaban J connectivity index is 1.99. The van der Waals surface area contributed by atoms with Gasteiger partial charge in [-0.1, -0.05) is 33.1 Å². The van der Waals surface area contributed by atoms with Gasteiger partial charge >= 0.3 is 12.0 Å². The first-order valence-electron chi connectivity index (χ1n) is 8.22. The van der Waals surface area contributed by atoms with Crippen LogP contribution >= 0.6 is 0 Å². The number of piperidine rings is 1. The Morgan fingerprint density at radius 2 is 1.81 bits per heavy atom. The molecule has 0 atom stereocenters. The Hall–Kier alpha value is -1.26. The molecule has 0 bridgehead atoms. The second kappa shape index (κ2) is 6.67. The molecular weight excluding hydrogens is 268 g/mol. The van der Waals surface area contributed by atoms with E-state index in [0.717, 1.165) is 58.0 Å². The molecule has 2 rings (SSSR count). The van der Waals surface area contributed by atoms with Crippen LogP contribution in [0.3, 0.4) is 0 Å². The van der Waals surface area contributed by atoms with Gasteiger partial charge in [0, 0.05) is 19.1 Å². The molecule has 2 fully saturated rings. The van der Waals surface area contributed by atoms with Gasteiger partial charge in [0.15, 0.2) is 0 Å². The molecule has 0 aromatic heterocycles. The van der Waals surface area contributed by atoms with Crippen molar-refractivity contribution in [3.05, 3.63) is 0 Å². The topological polar surface area (TPSA) is 60.9 Å². The van der Waals surface area contributed by atoms with Crippen molar-refractivity contribution in [1.82, 2.24) is 9.80 Å². The summed E-state index contributed by atoms with van der Waals surface area (Å²) in [6.45, 7) is 5.83. The lowest BCUT2D eigenvalue weighted by Gasteiger charge is -2.41. The number of carbonyl (C=O) groups is 2.